The molecule has 2 amide bonds. The fourth-order valence-electron chi connectivity index (χ4n) is 2.10. The number of benzene rings is 2. The molecular weight excluding hydrogens is 311 g/mol. The highest BCUT2D eigenvalue weighted by atomic mass is 19.1. The average molecular weight is 330 g/mol. The molecule has 24 heavy (non-hydrogen) atoms. The Morgan fingerprint density at radius 2 is 1.58 bits per heavy atom. The van der Waals surface area contributed by atoms with Gasteiger partial charge in [0.1, 0.15) is 11.4 Å². The Labute approximate surface area is 139 Å². The standard InChI is InChI=1S/C18H19FN2O3/c1-18(24,14-5-3-2-4-6-14)12-21-17(23)16(22)20-11-13-7-9-15(19)10-8-13/h2-10,24H,11-12H2,1H3,(H,20,22)(H,21,23). The second-order valence-corrected chi connectivity index (χ2v) is 5.63. The molecule has 0 heterocycles. The molecule has 0 radical (unpaired) electrons. The van der Waals surface area contributed by atoms with Crippen LogP contribution in [-0.2, 0) is 21.7 Å². The van der Waals surface area contributed by atoms with Gasteiger partial charge in [-0.2, -0.15) is 0 Å². The first kappa shape index (κ1) is 17.6. The third-order valence-electron chi connectivity index (χ3n) is 3.56. The smallest absolute Gasteiger partial charge is 0.309 e. The number of hydrogen-bond acceptors (Lipinski definition) is 3. The molecule has 0 aliphatic rings. The SMILES string of the molecule is CC(O)(CNC(=O)C(=O)NCc1ccc(F)cc1)c1ccccc1. The van der Waals surface area contributed by atoms with Crippen molar-refractivity contribution in [1.82, 2.24) is 10.6 Å². The Bertz CT molecular complexity index is 700. The molecule has 0 spiro atoms. The summed E-state index contributed by atoms with van der Waals surface area (Å²) < 4.78 is 12.8. The van der Waals surface area contributed by atoms with Crippen molar-refractivity contribution in [1.29, 1.82) is 0 Å². The molecule has 5 nitrogen and oxygen atoms in total. The van der Waals surface area contributed by atoms with Crippen LogP contribution in [0.25, 0.3) is 0 Å². The summed E-state index contributed by atoms with van der Waals surface area (Å²) in [5, 5.41) is 15.2. The van der Waals surface area contributed by atoms with Crippen LogP contribution >= 0.6 is 0 Å². The molecule has 126 valence electrons. The fourth-order valence-corrected chi connectivity index (χ4v) is 2.10. The van der Waals surface area contributed by atoms with Gasteiger partial charge in [0.2, 0.25) is 0 Å². The summed E-state index contributed by atoms with van der Waals surface area (Å²) in [6.45, 7) is 1.57. The van der Waals surface area contributed by atoms with Gasteiger partial charge < -0.3 is 15.7 Å². The highest BCUT2D eigenvalue weighted by molar-refractivity contribution is 6.35. The van der Waals surface area contributed by atoms with Crippen LogP contribution in [0.2, 0.25) is 0 Å². The minimum Gasteiger partial charge on any atom is -0.384 e. The monoisotopic (exact) mass is 330 g/mol. The fraction of sp³-hybridized carbons (Fsp3) is 0.222. The predicted octanol–water partition coefficient (Wildman–Crippen LogP) is 1.47. The van der Waals surface area contributed by atoms with Crippen molar-refractivity contribution in [3.63, 3.8) is 0 Å². The largest absolute Gasteiger partial charge is 0.384 e. The molecule has 2 aromatic rings. The molecular formula is C18H19FN2O3. The molecule has 0 aliphatic heterocycles. The van der Waals surface area contributed by atoms with Crippen molar-refractivity contribution in [2.45, 2.75) is 19.1 Å². The summed E-state index contributed by atoms with van der Waals surface area (Å²) in [4.78, 5) is 23.6. The molecule has 2 rings (SSSR count). The molecule has 0 fully saturated rings. The molecule has 1 unspecified atom stereocenters. The van der Waals surface area contributed by atoms with Crippen molar-refractivity contribution in [3.05, 3.63) is 71.5 Å². The highest BCUT2D eigenvalue weighted by Gasteiger charge is 2.25. The van der Waals surface area contributed by atoms with Crippen LogP contribution in [0.15, 0.2) is 54.6 Å². The third kappa shape index (κ3) is 4.89. The van der Waals surface area contributed by atoms with E-state index in [0.717, 1.165) is 0 Å². The van der Waals surface area contributed by atoms with E-state index in [9.17, 15) is 19.1 Å². The van der Waals surface area contributed by atoms with E-state index in [4.69, 9.17) is 0 Å². The zero-order chi connectivity index (χ0) is 17.6. The van der Waals surface area contributed by atoms with Gasteiger partial charge in [0, 0.05) is 6.54 Å². The van der Waals surface area contributed by atoms with Crippen LogP contribution in [0.3, 0.4) is 0 Å². The number of carbonyl (C=O) groups excluding carboxylic acids is 2. The van der Waals surface area contributed by atoms with Gasteiger partial charge in [-0.05, 0) is 30.2 Å². The van der Waals surface area contributed by atoms with Gasteiger partial charge in [-0.15, -0.1) is 0 Å². The number of nitrogens with one attached hydrogen (secondary N) is 2. The second-order valence-electron chi connectivity index (χ2n) is 5.63. The molecule has 0 aromatic heterocycles. The Morgan fingerprint density at radius 3 is 2.21 bits per heavy atom. The lowest BCUT2D eigenvalue weighted by Gasteiger charge is -2.24. The van der Waals surface area contributed by atoms with Gasteiger partial charge in [0.15, 0.2) is 0 Å². The minimum absolute atomic E-state index is 0.0974. The van der Waals surface area contributed by atoms with Crippen LogP contribution in [-0.4, -0.2) is 23.5 Å². The average Bonchev–Trinajstić information content (AvgIpc) is 2.59. The number of hydrogen-bond donors (Lipinski definition) is 3. The van der Waals surface area contributed by atoms with E-state index in [-0.39, 0.29) is 18.9 Å². The first-order valence-electron chi connectivity index (χ1n) is 7.47. The van der Waals surface area contributed by atoms with Crippen molar-refractivity contribution in [2.24, 2.45) is 0 Å². The minimum atomic E-state index is -1.28. The Morgan fingerprint density at radius 1 is 1.00 bits per heavy atom. The molecule has 0 saturated heterocycles. The van der Waals surface area contributed by atoms with E-state index in [1.165, 1.54) is 24.3 Å². The zero-order valence-electron chi connectivity index (χ0n) is 13.3. The molecule has 0 aliphatic carbocycles. The third-order valence-corrected chi connectivity index (χ3v) is 3.56. The van der Waals surface area contributed by atoms with Crippen LogP contribution in [0, 0.1) is 5.82 Å². The number of rotatable bonds is 5. The maximum absolute atomic E-state index is 12.8. The van der Waals surface area contributed by atoms with Gasteiger partial charge in [-0.25, -0.2) is 4.39 Å². The summed E-state index contributed by atoms with van der Waals surface area (Å²) in [5.41, 5.74) is 0.0274. The van der Waals surface area contributed by atoms with Gasteiger partial charge >= 0.3 is 11.8 Å². The summed E-state index contributed by atoms with van der Waals surface area (Å²) in [6, 6.07) is 14.4. The van der Waals surface area contributed by atoms with Gasteiger partial charge in [-0.1, -0.05) is 42.5 Å². The quantitative estimate of drug-likeness (QED) is 0.727. The topological polar surface area (TPSA) is 78.4 Å². The molecule has 2 aromatic carbocycles. The number of aliphatic hydroxyl groups is 1. The molecule has 0 bridgehead atoms. The van der Waals surface area contributed by atoms with Gasteiger partial charge in [0.25, 0.3) is 0 Å². The van der Waals surface area contributed by atoms with Crippen molar-refractivity contribution < 1.29 is 19.1 Å². The Kier molecular flexibility index (Phi) is 5.65. The second kappa shape index (κ2) is 7.70. The molecule has 0 saturated carbocycles. The number of amides is 2. The van der Waals surface area contributed by atoms with Crippen LogP contribution in [0.1, 0.15) is 18.1 Å². The van der Waals surface area contributed by atoms with Gasteiger partial charge in [-0.3, -0.25) is 9.59 Å². The Hall–Kier alpha value is -2.73. The Balaban J connectivity index is 1.83. The lowest BCUT2D eigenvalue weighted by molar-refractivity contribution is -0.139. The van der Waals surface area contributed by atoms with Crippen molar-refractivity contribution >= 4 is 11.8 Å². The first-order chi connectivity index (χ1) is 11.4. The normalized spacial score (nSPS) is 13.0. The maximum atomic E-state index is 12.8. The number of carbonyl (C=O) groups is 2. The molecule has 3 N–H and O–H groups in total. The molecule has 1 atom stereocenters. The van der Waals surface area contributed by atoms with Crippen LogP contribution < -0.4 is 10.6 Å². The summed E-state index contributed by atoms with van der Waals surface area (Å²) in [5.74, 6) is -2.03. The lowest BCUT2D eigenvalue weighted by Crippen LogP contribution is -2.45. The van der Waals surface area contributed by atoms with Gasteiger partial charge in [0.05, 0.1) is 6.54 Å². The summed E-state index contributed by atoms with van der Waals surface area (Å²) >= 11 is 0. The predicted molar refractivity (Wildman–Crippen MR) is 87.3 cm³/mol. The summed E-state index contributed by atoms with van der Waals surface area (Å²) in [6.07, 6.45) is 0. The van der Waals surface area contributed by atoms with E-state index in [2.05, 4.69) is 10.6 Å². The lowest BCUT2D eigenvalue weighted by atomic mass is 9.96. The van der Waals surface area contributed by atoms with Crippen LogP contribution in [0.5, 0.6) is 0 Å². The zero-order valence-corrected chi connectivity index (χ0v) is 13.3. The van der Waals surface area contributed by atoms with E-state index in [1.807, 2.05) is 6.07 Å². The van der Waals surface area contributed by atoms with E-state index in [0.29, 0.717) is 11.1 Å². The van der Waals surface area contributed by atoms with E-state index < -0.39 is 17.4 Å². The number of halogens is 1. The van der Waals surface area contributed by atoms with E-state index in [1.54, 1.807) is 31.2 Å². The van der Waals surface area contributed by atoms with Crippen LogP contribution in [0.4, 0.5) is 4.39 Å². The maximum Gasteiger partial charge on any atom is 0.309 e. The highest BCUT2D eigenvalue weighted by Crippen LogP contribution is 2.18. The van der Waals surface area contributed by atoms with Crippen molar-refractivity contribution in [2.75, 3.05) is 6.54 Å². The van der Waals surface area contributed by atoms with E-state index >= 15 is 0 Å². The van der Waals surface area contributed by atoms with Crippen molar-refractivity contribution in [3.8, 4) is 0 Å². The summed E-state index contributed by atoms with van der Waals surface area (Å²) in [7, 11) is 0. The molecule has 6 heteroatoms. The first-order valence-corrected chi connectivity index (χ1v) is 7.47.